The van der Waals surface area contributed by atoms with Crippen LogP contribution in [0.2, 0.25) is 0 Å². The highest BCUT2D eigenvalue weighted by Gasteiger charge is 2.23. The van der Waals surface area contributed by atoms with E-state index in [1.807, 2.05) is 0 Å². The number of nitrogens with zero attached hydrogens (tertiary/aromatic N) is 1. The predicted octanol–water partition coefficient (Wildman–Crippen LogP) is 0.369. The van der Waals surface area contributed by atoms with Crippen molar-refractivity contribution in [2.75, 3.05) is 21.3 Å². The number of esters is 2. The predicted molar refractivity (Wildman–Crippen MR) is 55.1 cm³/mol. The summed E-state index contributed by atoms with van der Waals surface area (Å²) in [6.07, 6.45) is 0. The minimum absolute atomic E-state index is 0.182. The summed E-state index contributed by atoms with van der Waals surface area (Å²) in [6.45, 7) is 0. The maximum Gasteiger partial charge on any atom is 0.357 e. The van der Waals surface area contributed by atoms with Crippen molar-refractivity contribution in [3.8, 4) is 11.6 Å². The first-order valence-electron chi connectivity index (χ1n) is 4.49. The van der Waals surface area contributed by atoms with Gasteiger partial charge in [-0.1, -0.05) is 0 Å². The number of aromatic nitrogens is 1. The monoisotopic (exact) mass is 241 g/mol. The Kier molecular flexibility index (Phi) is 3.86. The molecule has 0 saturated carbocycles. The Morgan fingerprint density at radius 2 is 1.76 bits per heavy atom. The lowest BCUT2D eigenvalue weighted by atomic mass is 10.2. The highest BCUT2D eigenvalue weighted by molar-refractivity contribution is 6.02. The molecule has 1 aromatic heterocycles. The van der Waals surface area contributed by atoms with Crippen molar-refractivity contribution in [3.63, 3.8) is 0 Å². The van der Waals surface area contributed by atoms with E-state index < -0.39 is 11.9 Å². The highest BCUT2D eigenvalue weighted by Crippen LogP contribution is 2.26. The zero-order chi connectivity index (χ0) is 13.0. The molecule has 17 heavy (non-hydrogen) atoms. The quantitative estimate of drug-likeness (QED) is 0.763. The molecule has 0 saturated heterocycles. The van der Waals surface area contributed by atoms with E-state index in [-0.39, 0.29) is 22.9 Å². The van der Waals surface area contributed by atoms with Gasteiger partial charge >= 0.3 is 11.9 Å². The number of rotatable bonds is 3. The van der Waals surface area contributed by atoms with Crippen molar-refractivity contribution < 1.29 is 28.9 Å². The Labute approximate surface area is 96.9 Å². The number of carbonyl (C=O) groups is 2. The molecule has 1 aromatic rings. The van der Waals surface area contributed by atoms with E-state index in [1.165, 1.54) is 7.11 Å². The van der Waals surface area contributed by atoms with Crippen molar-refractivity contribution in [1.29, 1.82) is 0 Å². The van der Waals surface area contributed by atoms with Gasteiger partial charge in [-0.2, -0.15) is 0 Å². The van der Waals surface area contributed by atoms with Gasteiger partial charge in [-0.15, -0.1) is 0 Å². The van der Waals surface area contributed by atoms with Gasteiger partial charge in [0.05, 0.1) is 26.9 Å². The molecule has 0 aliphatic rings. The summed E-state index contributed by atoms with van der Waals surface area (Å²) in [5.41, 5.74) is -0.480. The average molecular weight is 241 g/mol. The second-order valence-corrected chi connectivity index (χ2v) is 2.90. The maximum atomic E-state index is 11.4. The third kappa shape index (κ3) is 2.44. The van der Waals surface area contributed by atoms with Gasteiger partial charge in [-0.3, -0.25) is 0 Å². The van der Waals surface area contributed by atoms with Crippen molar-refractivity contribution in [1.82, 2.24) is 4.98 Å². The van der Waals surface area contributed by atoms with Gasteiger partial charge < -0.3 is 19.3 Å². The van der Waals surface area contributed by atoms with Crippen LogP contribution in [0.3, 0.4) is 0 Å². The van der Waals surface area contributed by atoms with Crippen LogP contribution in [0.25, 0.3) is 0 Å². The molecule has 0 bridgehead atoms. The fourth-order valence-corrected chi connectivity index (χ4v) is 1.15. The number of pyridine rings is 1. The molecule has 1 heterocycles. The molecule has 0 fully saturated rings. The SMILES string of the molecule is COC(=O)c1cc(O)c(OC)nc1C(=O)OC. The van der Waals surface area contributed by atoms with Crippen LogP contribution in [0, 0.1) is 0 Å². The molecule has 0 radical (unpaired) electrons. The number of ether oxygens (including phenoxy) is 3. The van der Waals surface area contributed by atoms with Gasteiger partial charge in [0, 0.05) is 6.07 Å². The van der Waals surface area contributed by atoms with Crippen molar-refractivity contribution in [2.45, 2.75) is 0 Å². The minimum atomic E-state index is -0.830. The van der Waals surface area contributed by atoms with Crippen LogP contribution in [0.5, 0.6) is 11.6 Å². The van der Waals surface area contributed by atoms with Gasteiger partial charge in [0.1, 0.15) is 0 Å². The van der Waals surface area contributed by atoms with Gasteiger partial charge in [0.15, 0.2) is 11.4 Å². The van der Waals surface area contributed by atoms with Crippen molar-refractivity contribution in [2.24, 2.45) is 0 Å². The van der Waals surface area contributed by atoms with Crippen LogP contribution >= 0.6 is 0 Å². The van der Waals surface area contributed by atoms with Crippen LogP contribution in [-0.4, -0.2) is 43.4 Å². The smallest absolute Gasteiger partial charge is 0.357 e. The number of hydrogen-bond acceptors (Lipinski definition) is 7. The highest BCUT2D eigenvalue weighted by atomic mass is 16.5. The second kappa shape index (κ2) is 5.15. The van der Waals surface area contributed by atoms with Gasteiger partial charge in [-0.05, 0) is 0 Å². The molecule has 1 N–H and O–H groups in total. The molecule has 92 valence electrons. The molecular formula is C10H11NO6. The van der Waals surface area contributed by atoms with E-state index in [4.69, 9.17) is 4.74 Å². The molecular weight excluding hydrogens is 230 g/mol. The summed E-state index contributed by atoms with van der Waals surface area (Å²) in [4.78, 5) is 26.5. The zero-order valence-corrected chi connectivity index (χ0v) is 9.51. The molecule has 7 heteroatoms. The van der Waals surface area contributed by atoms with Crippen molar-refractivity contribution in [3.05, 3.63) is 17.3 Å². The Bertz CT molecular complexity index is 456. The Morgan fingerprint density at radius 1 is 1.18 bits per heavy atom. The summed E-state index contributed by atoms with van der Waals surface area (Å²) < 4.78 is 13.7. The van der Waals surface area contributed by atoms with E-state index >= 15 is 0 Å². The first kappa shape index (κ1) is 12.8. The molecule has 0 unspecified atom stereocenters. The van der Waals surface area contributed by atoms with E-state index in [0.29, 0.717) is 0 Å². The van der Waals surface area contributed by atoms with Crippen LogP contribution in [0.15, 0.2) is 6.07 Å². The Balaban J connectivity index is 3.41. The molecule has 0 aromatic carbocycles. The third-order valence-electron chi connectivity index (χ3n) is 1.95. The summed E-state index contributed by atoms with van der Waals surface area (Å²) in [6, 6.07) is 1.03. The summed E-state index contributed by atoms with van der Waals surface area (Å²) in [7, 11) is 3.55. The van der Waals surface area contributed by atoms with Crippen molar-refractivity contribution >= 4 is 11.9 Å². The lowest BCUT2D eigenvalue weighted by Gasteiger charge is -2.08. The number of methoxy groups -OCH3 is 3. The molecule has 7 nitrogen and oxygen atoms in total. The molecule has 0 spiro atoms. The van der Waals surface area contributed by atoms with Gasteiger partial charge in [-0.25, -0.2) is 14.6 Å². The lowest BCUT2D eigenvalue weighted by Crippen LogP contribution is -2.14. The van der Waals surface area contributed by atoms with Crippen LogP contribution in [-0.2, 0) is 9.47 Å². The molecule has 0 atom stereocenters. The van der Waals surface area contributed by atoms with E-state index in [9.17, 15) is 14.7 Å². The summed E-state index contributed by atoms with van der Waals surface area (Å²) >= 11 is 0. The fourth-order valence-electron chi connectivity index (χ4n) is 1.15. The van der Waals surface area contributed by atoms with E-state index in [1.54, 1.807) is 0 Å². The van der Waals surface area contributed by atoms with Crippen LogP contribution < -0.4 is 4.74 Å². The topological polar surface area (TPSA) is 95.0 Å². The maximum absolute atomic E-state index is 11.4. The molecule has 1 rings (SSSR count). The standard InChI is InChI=1S/C10H11NO6/c1-15-8-6(12)4-5(9(13)16-2)7(11-8)10(14)17-3/h4,12H,1-3H3. The average Bonchev–Trinajstić information content (AvgIpc) is 2.36. The molecule has 0 aliphatic heterocycles. The summed E-state index contributed by atoms with van der Waals surface area (Å²) in [5.74, 6) is -2.20. The number of carbonyl (C=O) groups excluding carboxylic acids is 2. The Morgan fingerprint density at radius 3 is 2.24 bits per heavy atom. The number of aromatic hydroxyl groups is 1. The van der Waals surface area contributed by atoms with Gasteiger partial charge in [0.25, 0.3) is 5.88 Å². The Hall–Kier alpha value is -2.31. The summed E-state index contributed by atoms with van der Waals surface area (Å²) in [5, 5.41) is 9.47. The van der Waals surface area contributed by atoms with E-state index in [2.05, 4.69) is 14.5 Å². The van der Waals surface area contributed by atoms with Crippen LogP contribution in [0.1, 0.15) is 20.8 Å². The van der Waals surface area contributed by atoms with Crippen LogP contribution in [0.4, 0.5) is 0 Å². The number of hydrogen-bond donors (Lipinski definition) is 1. The largest absolute Gasteiger partial charge is 0.503 e. The zero-order valence-electron chi connectivity index (χ0n) is 9.51. The van der Waals surface area contributed by atoms with E-state index in [0.717, 1.165) is 20.3 Å². The first-order chi connectivity index (χ1) is 8.04. The second-order valence-electron chi connectivity index (χ2n) is 2.90. The molecule has 0 amide bonds. The minimum Gasteiger partial charge on any atom is -0.503 e. The molecule has 0 aliphatic carbocycles. The normalized spacial score (nSPS) is 9.59. The lowest BCUT2D eigenvalue weighted by molar-refractivity contribution is 0.0548. The first-order valence-corrected chi connectivity index (χ1v) is 4.49. The fraction of sp³-hybridized carbons (Fsp3) is 0.300. The van der Waals surface area contributed by atoms with Gasteiger partial charge in [0.2, 0.25) is 0 Å². The third-order valence-corrected chi connectivity index (χ3v) is 1.95.